The van der Waals surface area contributed by atoms with Crippen molar-refractivity contribution in [3.8, 4) is 17.2 Å². The molecular formula is C27H26F9NO3. The largest absolute Gasteiger partial charge is 0.461 e. The predicted octanol–water partition coefficient (Wildman–Crippen LogP) is 8.31. The van der Waals surface area contributed by atoms with E-state index in [-0.39, 0.29) is 17.0 Å². The molecule has 0 saturated carbocycles. The monoisotopic (exact) mass is 583 g/mol. The fourth-order valence-corrected chi connectivity index (χ4v) is 3.27. The minimum absolute atomic E-state index is 0.0180. The number of hydrogen-bond donors (Lipinski definition) is 1. The first-order valence-electron chi connectivity index (χ1n) is 11.8. The first-order chi connectivity index (χ1) is 18.7. The lowest BCUT2D eigenvalue weighted by Crippen LogP contribution is -2.51. The van der Waals surface area contributed by atoms with Gasteiger partial charge in [-0.15, -0.1) is 0 Å². The molecule has 0 aliphatic rings. The highest BCUT2D eigenvalue weighted by Gasteiger charge is 2.62. The van der Waals surface area contributed by atoms with E-state index in [1.54, 1.807) is 30.3 Å². The molecule has 220 valence electrons. The third kappa shape index (κ3) is 8.70. The maximum absolute atomic E-state index is 13.8. The average Bonchev–Trinajstić information content (AvgIpc) is 2.89. The number of ether oxygens (including phenoxy) is 2. The standard InChI is InChI=1S/C25H20F9NO3.C2H6/c26-22(27)24(30,31)38-20-11-4-6-16(12-20)14-35(15-21(36)23(28,29)25(32,33)34)17-7-5-10-19(13-17)37-18-8-2-1-3-9-18;1-2/h1-13,21-22,36H,14-15H2;1-2H3/t21-;/m1./s1. The van der Waals surface area contributed by atoms with Crippen molar-refractivity contribution in [3.63, 3.8) is 0 Å². The van der Waals surface area contributed by atoms with Gasteiger partial charge in [0, 0.05) is 18.3 Å². The molecule has 0 fully saturated rings. The Morgan fingerprint density at radius 1 is 0.750 bits per heavy atom. The Morgan fingerprint density at radius 2 is 1.32 bits per heavy atom. The number of halogens is 9. The Morgan fingerprint density at radius 3 is 1.93 bits per heavy atom. The number of anilines is 1. The van der Waals surface area contributed by atoms with Crippen LogP contribution in [0.15, 0.2) is 78.9 Å². The Labute approximate surface area is 224 Å². The van der Waals surface area contributed by atoms with Crippen molar-refractivity contribution in [1.82, 2.24) is 0 Å². The highest BCUT2D eigenvalue weighted by atomic mass is 19.4. The number of hydrogen-bond acceptors (Lipinski definition) is 4. The van der Waals surface area contributed by atoms with Crippen LogP contribution < -0.4 is 14.4 Å². The molecule has 0 bridgehead atoms. The summed E-state index contributed by atoms with van der Waals surface area (Å²) in [5.74, 6) is -5.61. The van der Waals surface area contributed by atoms with Gasteiger partial charge in [-0.3, -0.25) is 0 Å². The van der Waals surface area contributed by atoms with Gasteiger partial charge in [0.15, 0.2) is 0 Å². The summed E-state index contributed by atoms with van der Waals surface area (Å²) in [6, 6.07) is 18.1. The molecule has 4 nitrogen and oxygen atoms in total. The second-order valence-electron chi connectivity index (χ2n) is 8.04. The van der Waals surface area contributed by atoms with Crippen LogP contribution in [0.3, 0.4) is 0 Å². The first kappa shape index (κ1) is 32.6. The lowest BCUT2D eigenvalue weighted by atomic mass is 10.1. The molecule has 0 aliphatic heterocycles. The molecule has 3 aromatic rings. The van der Waals surface area contributed by atoms with Crippen LogP contribution in [0, 0.1) is 0 Å². The SMILES string of the molecule is CC.O[C@H](CN(Cc1cccc(OC(F)(F)C(F)F)c1)c1cccc(Oc2ccccc2)c1)C(F)(F)C(F)(F)F. The van der Waals surface area contributed by atoms with Crippen LogP contribution in [0.5, 0.6) is 17.2 Å². The molecule has 0 aliphatic carbocycles. The highest BCUT2D eigenvalue weighted by Crippen LogP contribution is 2.39. The van der Waals surface area contributed by atoms with Gasteiger partial charge in [-0.1, -0.05) is 50.2 Å². The van der Waals surface area contributed by atoms with Crippen LogP contribution in [0.25, 0.3) is 0 Å². The maximum Gasteiger partial charge on any atom is 0.461 e. The number of para-hydroxylation sites is 1. The molecule has 0 unspecified atom stereocenters. The Balaban J connectivity index is 0.00000274. The number of aliphatic hydroxyl groups is 1. The van der Waals surface area contributed by atoms with Gasteiger partial charge in [-0.2, -0.15) is 39.5 Å². The van der Waals surface area contributed by atoms with Crippen molar-refractivity contribution < 1.29 is 54.1 Å². The summed E-state index contributed by atoms with van der Waals surface area (Å²) in [6.07, 6.45) is -18.2. The molecule has 0 radical (unpaired) electrons. The van der Waals surface area contributed by atoms with E-state index in [0.717, 1.165) is 23.1 Å². The van der Waals surface area contributed by atoms with E-state index in [9.17, 15) is 44.6 Å². The second kappa shape index (κ2) is 13.6. The molecule has 13 heteroatoms. The normalized spacial score (nSPS) is 12.8. The van der Waals surface area contributed by atoms with Gasteiger partial charge in [0.25, 0.3) is 0 Å². The maximum atomic E-state index is 13.8. The number of rotatable bonds is 11. The topological polar surface area (TPSA) is 41.9 Å². The van der Waals surface area contributed by atoms with Gasteiger partial charge < -0.3 is 19.5 Å². The molecule has 1 N–H and O–H groups in total. The molecule has 0 amide bonds. The van der Waals surface area contributed by atoms with Crippen LogP contribution >= 0.6 is 0 Å². The lowest BCUT2D eigenvalue weighted by Gasteiger charge is -2.32. The third-order valence-electron chi connectivity index (χ3n) is 5.13. The second-order valence-corrected chi connectivity index (χ2v) is 8.04. The molecule has 40 heavy (non-hydrogen) atoms. The average molecular weight is 583 g/mol. The molecule has 0 saturated heterocycles. The quantitative estimate of drug-likeness (QED) is 0.231. The molecule has 0 aromatic heterocycles. The van der Waals surface area contributed by atoms with E-state index in [2.05, 4.69) is 4.74 Å². The van der Waals surface area contributed by atoms with Crippen molar-refractivity contribution >= 4 is 5.69 Å². The molecular weight excluding hydrogens is 557 g/mol. The fourth-order valence-electron chi connectivity index (χ4n) is 3.27. The summed E-state index contributed by atoms with van der Waals surface area (Å²) >= 11 is 0. The van der Waals surface area contributed by atoms with Crippen molar-refractivity contribution in [1.29, 1.82) is 0 Å². The molecule has 0 heterocycles. The van der Waals surface area contributed by atoms with Crippen molar-refractivity contribution in [2.24, 2.45) is 0 Å². The van der Waals surface area contributed by atoms with Crippen molar-refractivity contribution in [2.45, 2.75) is 51.1 Å². The van der Waals surface area contributed by atoms with Crippen LogP contribution in [0.4, 0.5) is 45.2 Å². The number of nitrogens with zero attached hydrogens (tertiary/aromatic N) is 1. The number of aliphatic hydroxyl groups excluding tert-OH is 1. The van der Waals surface area contributed by atoms with E-state index in [1.807, 2.05) is 13.8 Å². The van der Waals surface area contributed by atoms with Gasteiger partial charge in [0.05, 0.1) is 6.54 Å². The summed E-state index contributed by atoms with van der Waals surface area (Å²) in [5, 5.41) is 9.85. The van der Waals surface area contributed by atoms with E-state index in [4.69, 9.17) is 4.74 Å². The van der Waals surface area contributed by atoms with Crippen LogP contribution in [-0.2, 0) is 6.54 Å². The van der Waals surface area contributed by atoms with E-state index < -0.39 is 49.6 Å². The molecule has 3 aromatic carbocycles. The molecule has 0 spiro atoms. The van der Waals surface area contributed by atoms with Gasteiger partial charge in [-0.05, 0) is 42.0 Å². The van der Waals surface area contributed by atoms with Crippen molar-refractivity contribution in [3.05, 3.63) is 84.4 Å². The zero-order valence-corrected chi connectivity index (χ0v) is 21.2. The van der Waals surface area contributed by atoms with E-state index in [1.165, 1.54) is 30.3 Å². The summed E-state index contributed by atoms with van der Waals surface area (Å²) < 4.78 is 127. The van der Waals surface area contributed by atoms with Gasteiger partial charge in [-0.25, -0.2) is 0 Å². The Kier molecular flexibility index (Phi) is 11.1. The Bertz CT molecular complexity index is 1190. The molecule has 3 rings (SSSR count). The number of benzene rings is 3. The number of alkyl halides is 9. The summed E-state index contributed by atoms with van der Waals surface area (Å²) in [6.45, 7) is 2.25. The zero-order chi connectivity index (χ0) is 30.1. The molecule has 1 atom stereocenters. The summed E-state index contributed by atoms with van der Waals surface area (Å²) in [7, 11) is 0. The predicted molar refractivity (Wildman–Crippen MR) is 130 cm³/mol. The first-order valence-corrected chi connectivity index (χ1v) is 11.8. The van der Waals surface area contributed by atoms with E-state index in [0.29, 0.717) is 5.75 Å². The fraction of sp³-hybridized carbons (Fsp3) is 0.333. The van der Waals surface area contributed by atoms with Gasteiger partial charge in [0.2, 0.25) is 0 Å². The van der Waals surface area contributed by atoms with Crippen LogP contribution in [0.2, 0.25) is 0 Å². The Hall–Kier alpha value is -3.61. The lowest BCUT2D eigenvalue weighted by molar-refractivity contribution is -0.311. The third-order valence-corrected chi connectivity index (χ3v) is 5.13. The minimum atomic E-state index is -6.05. The highest BCUT2D eigenvalue weighted by molar-refractivity contribution is 5.52. The smallest absolute Gasteiger partial charge is 0.457 e. The summed E-state index contributed by atoms with van der Waals surface area (Å²) in [4.78, 5) is 0.923. The van der Waals surface area contributed by atoms with Crippen molar-refractivity contribution in [2.75, 3.05) is 11.4 Å². The van der Waals surface area contributed by atoms with Crippen LogP contribution in [0.1, 0.15) is 19.4 Å². The van der Waals surface area contributed by atoms with Crippen LogP contribution in [-0.4, -0.2) is 42.4 Å². The van der Waals surface area contributed by atoms with Gasteiger partial charge in [0.1, 0.15) is 23.4 Å². The summed E-state index contributed by atoms with van der Waals surface area (Å²) in [5.41, 5.74) is 0.0455. The van der Waals surface area contributed by atoms with E-state index >= 15 is 0 Å². The van der Waals surface area contributed by atoms with Gasteiger partial charge >= 0.3 is 24.6 Å². The zero-order valence-electron chi connectivity index (χ0n) is 21.2. The minimum Gasteiger partial charge on any atom is -0.457 e.